The number of aromatic nitrogens is 1. The van der Waals surface area contributed by atoms with Crippen molar-refractivity contribution in [1.29, 1.82) is 0 Å². The molecule has 9 heteroatoms. The van der Waals surface area contributed by atoms with Crippen molar-refractivity contribution in [2.24, 2.45) is 5.41 Å². The maximum absolute atomic E-state index is 12.2. The Morgan fingerprint density at radius 3 is 2.73 bits per heavy atom. The Hall–Kier alpha value is -1.58. The average Bonchev–Trinajstić information content (AvgIpc) is 3.11. The first kappa shape index (κ1) is 17.8. The zero-order valence-corrected chi connectivity index (χ0v) is 16.2. The van der Waals surface area contributed by atoms with Gasteiger partial charge in [0.15, 0.2) is 5.58 Å². The summed E-state index contributed by atoms with van der Waals surface area (Å²) in [7, 11) is -0.538. The third-order valence-electron chi connectivity index (χ3n) is 5.15. The molecule has 1 aromatic heterocycles. The molecule has 1 saturated heterocycles. The number of esters is 1. The molecule has 0 unspecified atom stereocenters. The predicted molar refractivity (Wildman–Crippen MR) is 96.4 cm³/mol. The molecule has 7 nitrogen and oxygen atoms in total. The molecule has 1 aliphatic carbocycles. The SMILES string of the molecule is CN(C)S(=O)(=O)c1ccc2oc(SC[C@H]3CC4(CCC4)C(=O)O3)nc2c1. The molecule has 140 valence electrons. The lowest BCUT2D eigenvalue weighted by atomic mass is 9.67. The molecule has 2 aromatic rings. The molecule has 1 aliphatic heterocycles. The van der Waals surface area contributed by atoms with Crippen LogP contribution in [0.1, 0.15) is 25.7 Å². The van der Waals surface area contributed by atoms with Gasteiger partial charge in [0, 0.05) is 26.3 Å². The number of sulfonamides is 1. The smallest absolute Gasteiger partial charge is 0.312 e. The van der Waals surface area contributed by atoms with E-state index in [4.69, 9.17) is 9.15 Å². The van der Waals surface area contributed by atoms with E-state index in [1.165, 1.54) is 38.0 Å². The molecule has 4 rings (SSSR count). The summed E-state index contributed by atoms with van der Waals surface area (Å²) in [6.45, 7) is 0. The average molecular weight is 396 g/mol. The van der Waals surface area contributed by atoms with Gasteiger partial charge in [-0.1, -0.05) is 18.2 Å². The Bertz CT molecular complexity index is 963. The fourth-order valence-corrected chi connectivity index (χ4v) is 5.17. The van der Waals surface area contributed by atoms with E-state index in [0.717, 1.165) is 30.0 Å². The molecular formula is C17H20N2O5S2. The Kier molecular flexibility index (Phi) is 4.28. The minimum atomic E-state index is -3.51. The van der Waals surface area contributed by atoms with E-state index in [0.29, 0.717) is 22.1 Å². The Balaban J connectivity index is 1.47. The van der Waals surface area contributed by atoms with Crippen LogP contribution >= 0.6 is 11.8 Å². The van der Waals surface area contributed by atoms with Crippen LogP contribution in [0.3, 0.4) is 0 Å². The molecule has 26 heavy (non-hydrogen) atoms. The lowest BCUT2D eigenvalue weighted by Crippen LogP contribution is -2.33. The molecule has 0 radical (unpaired) electrons. The first-order valence-electron chi connectivity index (χ1n) is 8.47. The van der Waals surface area contributed by atoms with Crippen molar-refractivity contribution in [3.8, 4) is 0 Å². The van der Waals surface area contributed by atoms with Crippen LogP contribution in [0.25, 0.3) is 11.1 Å². The molecule has 0 N–H and O–H groups in total. The second-order valence-corrected chi connectivity index (χ2v) is 10.2. The highest BCUT2D eigenvalue weighted by Crippen LogP contribution is 2.50. The number of carbonyl (C=O) groups is 1. The Morgan fingerprint density at radius 1 is 1.35 bits per heavy atom. The number of rotatable bonds is 5. The van der Waals surface area contributed by atoms with Crippen LogP contribution in [-0.4, -0.2) is 49.6 Å². The van der Waals surface area contributed by atoms with Crippen LogP contribution in [0.4, 0.5) is 0 Å². The highest BCUT2D eigenvalue weighted by Gasteiger charge is 2.52. The van der Waals surface area contributed by atoms with Gasteiger partial charge in [0.05, 0.1) is 10.3 Å². The van der Waals surface area contributed by atoms with Gasteiger partial charge in [0.25, 0.3) is 5.22 Å². The van der Waals surface area contributed by atoms with Crippen molar-refractivity contribution in [2.45, 2.75) is 41.9 Å². The van der Waals surface area contributed by atoms with Gasteiger partial charge < -0.3 is 9.15 Å². The number of hydrogen-bond acceptors (Lipinski definition) is 7. The molecule has 2 fully saturated rings. The molecule has 2 aliphatic rings. The van der Waals surface area contributed by atoms with E-state index >= 15 is 0 Å². The van der Waals surface area contributed by atoms with Crippen LogP contribution in [0.2, 0.25) is 0 Å². The van der Waals surface area contributed by atoms with Crippen LogP contribution in [0.15, 0.2) is 32.7 Å². The highest BCUT2D eigenvalue weighted by molar-refractivity contribution is 7.99. The molecule has 1 saturated carbocycles. The first-order valence-corrected chi connectivity index (χ1v) is 10.9. The third-order valence-corrected chi connectivity index (χ3v) is 7.92. The summed E-state index contributed by atoms with van der Waals surface area (Å²) in [4.78, 5) is 16.5. The van der Waals surface area contributed by atoms with Crippen molar-refractivity contribution in [2.75, 3.05) is 19.8 Å². The van der Waals surface area contributed by atoms with Gasteiger partial charge in [-0.15, -0.1) is 0 Å². The van der Waals surface area contributed by atoms with E-state index < -0.39 is 10.0 Å². The lowest BCUT2D eigenvalue weighted by Gasteiger charge is -2.33. The number of oxazole rings is 1. The van der Waals surface area contributed by atoms with Crippen molar-refractivity contribution >= 4 is 38.9 Å². The van der Waals surface area contributed by atoms with E-state index in [1.54, 1.807) is 6.07 Å². The number of thioether (sulfide) groups is 1. The van der Waals surface area contributed by atoms with Gasteiger partial charge in [0.2, 0.25) is 10.0 Å². The lowest BCUT2D eigenvalue weighted by molar-refractivity contribution is -0.151. The van der Waals surface area contributed by atoms with Gasteiger partial charge in [-0.25, -0.2) is 17.7 Å². The van der Waals surface area contributed by atoms with Crippen LogP contribution in [0.5, 0.6) is 0 Å². The number of nitrogens with zero attached hydrogens (tertiary/aromatic N) is 2. The van der Waals surface area contributed by atoms with Crippen LogP contribution in [0, 0.1) is 5.41 Å². The Labute approximate surface area is 156 Å². The van der Waals surface area contributed by atoms with Crippen molar-refractivity contribution in [3.05, 3.63) is 18.2 Å². The number of benzene rings is 1. The van der Waals surface area contributed by atoms with Crippen molar-refractivity contribution in [3.63, 3.8) is 0 Å². The normalized spacial score (nSPS) is 22.1. The quantitative estimate of drug-likeness (QED) is 0.567. The summed E-state index contributed by atoms with van der Waals surface area (Å²) >= 11 is 1.39. The van der Waals surface area contributed by atoms with Gasteiger partial charge >= 0.3 is 5.97 Å². The maximum atomic E-state index is 12.2. The van der Waals surface area contributed by atoms with Crippen LogP contribution < -0.4 is 0 Å². The minimum Gasteiger partial charge on any atom is -0.461 e. The summed E-state index contributed by atoms with van der Waals surface area (Å²) in [5.74, 6) is 0.522. The standard InChI is InChI=1S/C17H20N2O5S2/c1-19(2)26(21,22)12-4-5-14-13(8-12)18-16(24-14)25-10-11-9-17(6-3-7-17)15(20)23-11/h4-5,8,11H,3,6-7,9-10H2,1-2H3/t11-/m1/s1. The monoisotopic (exact) mass is 396 g/mol. The highest BCUT2D eigenvalue weighted by atomic mass is 32.2. The van der Waals surface area contributed by atoms with Gasteiger partial charge in [0.1, 0.15) is 11.6 Å². The summed E-state index contributed by atoms with van der Waals surface area (Å²) in [6.07, 6.45) is 3.60. The molecule has 0 amide bonds. The second kappa shape index (κ2) is 6.24. The van der Waals surface area contributed by atoms with Gasteiger partial charge in [-0.05, 0) is 31.0 Å². The minimum absolute atomic E-state index is 0.0644. The molecule has 2 heterocycles. The topological polar surface area (TPSA) is 89.7 Å². The summed E-state index contributed by atoms with van der Waals surface area (Å²) in [5, 5.41) is 0.449. The van der Waals surface area contributed by atoms with Gasteiger partial charge in [-0.3, -0.25) is 4.79 Å². The van der Waals surface area contributed by atoms with E-state index in [2.05, 4.69) is 4.98 Å². The number of carbonyl (C=O) groups excluding carboxylic acids is 1. The molecule has 0 bridgehead atoms. The molecule has 1 atom stereocenters. The van der Waals surface area contributed by atoms with Gasteiger partial charge in [-0.2, -0.15) is 0 Å². The van der Waals surface area contributed by atoms with E-state index in [9.17, 15) is 13.2 Å². The number of fused-ring (bicyclic) bond motifs is 1. The third kappa shape index (κ3) is 2.91. The fraction of sp³-hybridized carbons (Fsp3) is 0.529. The number of ether oxygens (including phenoxy) is 1. The first-order chi connectivity index (χ1) is 12.3. The van der Waals surface area contributed by atoms with E-state index in [1.807, 2.05) is 0 Å². The number of cyclic esters (lactones) is 1. The summed E-state index contributed by atoms with van der Waals surface area (Å²) < 4.78 is 36.8. The van der Waals surface area contributed by atoms with Crippen molar-refractivity contribution in [1.82, 2.24) is 9.29 Å². The molecule has 1 spiro atoms. The molecule has 1 aromatic carbocycles. The maximum Gasteiger partial charge on any atom is 0.312 e. The summed E-state index contributed by atoms with van der Waals surface area (Å²) in [6, 6.07) is 4.63. The fourth-order valence-electron chi connectivity index (χ4n) is 3.43. The van der Waals surface area contributed by atoms with Crippen molar-refractivity contribution < 1.29 is 22.4 Å². The Morgan fingerprint density at radius 2 is 2.12 bits per heavy atom. The zero-order chi connectivity index (χ0) is 18.5. The molecular weight excluding hydrogens is 376 g/mol. The second-order valence-electron chi connectivity index (χ2n) is 7.07. The number of hydrogen-bond donors (Lipinski definition) is 0. The summed E-state index contributed by atoms with van der Waals surface area (Å²) in [5.41, 5.74) is 0.792. The van der Waals surface area contributed by atoms with Crippen LogP contribution in [-0.2, 0) is 19.6 Å². The van der Waals surface area contributed by atoms with E-state index in [-0.39, 0.29) is 22.4 Å². The largest absolute Gasteiger partial charge is 0.461 e. The zero-order valence-electron chi connectivity index (χ0n) is 14.6. The predicted octanol–water partition coefficient (Wildman–Crippen LogP) is 2.66.